The van der Waals surface area contributed by atoms with Gasteiger partial charge in [0.25, 0.3) is 0 Å². The van der Waals surface area contributed by atoms with Gasteiger partial charge in [0.2, 0.25) is 5.91 Å². The van der Waals surface area contributed by atoms with Gasteiger partial charge in [0, 0.05) is 34.0 Å². The molecule has 6 rings (SSSR count). The van der Waals surface area contributed by atoms with Crippen LogP contribution in [0.3, 0.4) is 0 Å². The number of carbonyl (C=O) groups is 2. The second-order valence-corrected chi connectivity index (χ2v) is 13.9. The van der Waals surface area contributed by atoms with Crippen LogP contribution in [-0.2, 0) is 19.0 Å². The van der Waals surface area contributed by atoms with Gasteiger partial charge >= 0.3 is 88.4 Å². The van der Waals surface area contributed by atoms with Gasteiger partial charge in [0.1, 0.15) is 5.76 Å². The van der Waals surface area contributed by atoms with Gasteiger partial charge in [-0.15, -0.1) is 0 Å². The first-order valence-electron chi connectivity index (χ1n) is 13.9. The third-order valence-electron chi connectivity index (χ3n) is 7.27. The molecular formula is C33H31AsN4O7. The molecule has 6 aromatic rings. The van der Waals surface area contributed by atoms with E-state index in [-0.39, 0.29) is 15.9 Å². The van der Waals surface area contributed by atoms with Gasteiger partial charge in [0.15, 0.2) is 0 Å². The smallest absolute Gasteiger partial charge is 0.249 e. The van der Waals surface area contributed by atoms with E-state index in [2.05, 4.69) is 43.2 Å². The third-order valence-corrected chi connectivity index (χ3v) is 9.83. The van der Waals surface area contributed by atoms with Gasteiger partial charge in [-0.3, -0.25) is 4.79 Å². The number of carbonyl (C=O) groups excluding carboxylic acids is 2. The number of amides is 2. The van der Waals surface area contributed by atoms with Crippen LogP contribution in [0.25, 0.3) is 32.9 Å². The third kappa shape index (κ3) is 6.47. The summed E-state index contributed by atoms with van der Waals surface area (Å²) in [6.45, 7) is 5.74. The summed E-state index contributed by atoms with van der Waals surface area (Å²) in [6, 6.07) is 28.2. The number of aromatic nitrogens is 2. The Balaban J connectivity index is 0.000000226. The maximum absolute atomic E-state index is 12.5. The van der Waals surface area contributed by atoms with Crippen molar-refractivity contribution in [3.63, 3.8) is 0 Å². The number of primary amides is 1. The molecule has 2 aromatic heterocycles. The molecule has 0 bridgehead atoms. The average molecular weight is 671 g/mol. The number of fused-ring (bicyclic) bond motifs is 3. The Morgan fingerprint density at radius 3 is 2.29 bits per heavy atom. The number of hydrogen-bond acceptors (Lipinski definition) is 7. The van der Waals surface area contributed by atoms with Gasteiger partial charge in [-0.25, -0.2) is 0 Å². The van der Waals surface area contributed by atoms with Crippen molar-refractivity contribution in [1.82, 2.24) is 9.72 Å². The van der Waals surface area contributed by atoms with E-state index in [0.717, 1.165) is 38.6 Å². The summed E-state index contributed by atoms with van der Waals surface area (Å²) in [4.78, 5) is 23.3. The second-order valence-electron chi connectivity index (χ2n) is 10.4. The molecule has 0 spiro atoms. The molecule has 11 nitrogen and oxygen atoms in total. The molecule has 0 saturated carbocycles. The van der Waals surface area contributed by atoms with Crippen LogP contribution in [0.1, 0.15) is 34.3 Å². The Kier molecular flexibility index (Phi) is 9.08. The zero-order valence-corrected chi connectivity index (χ0v) is 26.6. The van der Waals surface area contributed by atoms with Crippen molar-refractivity contribution >= 4 is 57.8 Å². The zero-order valence-electron chi connectivity index (χ0n) is 24.7. The Hall–Kier alpha value is -4.93. The topological polar surface area (TPSA) is 170 Å². The molecule has 45 heavy (non-hydrogen) atoms. The Morgan fingerprint density at radius 2 is 1.64 bits per heavy atom. The molecule has 0 saturated heterocycles. The summed E-state index contributed by atoms with van der Waals surface area (Å²) in [5.74, 6) is -0.111. The zero-order chi connectivity index (χ0) is 32.3. The van der Waals surface area contributed by atoms with E-state index in [4.69, 9.17) is 15.5 Å². The molecule has 1 atom stereocenters. The van der Waals surface area contributed by atoms with Crippen molar-refractivity contribution in [3.05, 3.63) is 114 Å². The maximum Gasteiger partial charge on any atom is 0.249 e. The molecule has 1 unspecified atom stereocenters. The normalized spacial score (nSPS) is 12.4. The fourth-order valence-electron chi connectivity index (χ4n) is 5.40. The van der Waals surface area contributed by atoms with Crippen molar-refractivity contribution in [2.75, 3.05) is 5.32 Å². The summed E-state index contributed by atoms with van der Waals surface area (Å²) in [6.07, 6.45) is 0. The molecule has 230 valence electrons. The fourth-order valence-corrected chi connectivity index (χ4v) is 7.08. The summed E-state index contributed by atoms with van der Waals surface area (Å²) >= 11 is -4.92. The largest absolute Gasteiger partial charge is 0.366 e. The van der Waals surface area contributed by atoms with Gasteiger partial charge < -0.3 is 14.8 Å². The van der Waals surface area contributed by atoms with E-state index in [1.165, 1.54) is 30.7 Å². The van der Waals surface area contributed by atoms with Crippen molar-refractivity contribution in [2.45, 2.75) is 27.3 Å². The van der Waals surface area contributed by atoms with Gasteiger partial charge in [-0.1, -0.05) is 53.7 Å². The predicted octanol–water partition coefficient (Wildman–Crippen LogP) is 4.92. The first-order valence-corrected chi connectivity index (χ1v) is 17.2. The monoisotopic (exact) mass is 670 g/mol. The number of anilines is 1. The van der Waals surface area contributed by atoms with Crippen LogP contribution >= 0.6 is 0 Å². The molecule has 0 aliphatic carbocycles. The number of hydrogen-bond donors (Lipinski definition) is 4. The number of benzene rings is 4. The van der Waals surface area contributed by atoms with E-state index in [1.54, 1.807) is 6.07 Å². The van der Waals surface area contributed by atoms with Gasteiger partial charge in [-0.2, -0.15) is 0 Å². The Labute approximate surface area is 261 Å². The van der Waals surface area contributed by atoms with E-state index < -0.39 is 20.1 Å². The van der Waals surface area contributed by atoms with Crippen LogP contribution in [0.4, 0.5) is 5.69 Å². The summed E-state index contributed by atoms with van der Waals surface area (Å²) in [7, 11) is 0. The molecule has 2 amide bonds. The maximum atomic E-state index is 12.5. The van der Waals surface area contributed by atoms with E-state index in [0.29, 0.717) is 17.9 Å². The van der Waals surface area contributed by atoms with Crippen LogP contribution in [0.15, 0.2) is 95.5 Å². The molecular weight excluding hydrogens is 639 g/mol. The van der Waals surface area contributed by atoms with Crippen LogP contribution in [0.5, 0.6) is 0 Å². The van der Waals surface area contributed by atoms with Gasteiger partial charge in [-0.05, 0) is 43.2 Å². The fraction of sp³-hybridized carbons (Fsp3) is 0.121. The summed E-state index contributed by atoms with van der Waals surface area (Å²) in [5, 5.41) is 16.7. The van der Waals surface area contributed by atoms with E-state index in [9.17, 15) is 17.4 Å². The molecule has 0 fully saturated rings. The number of nitrogens with two attached hydrogens (primary N) is 1. The van der Waals surface area contributed by atoms with E-state index >= 15 is 0 Å². The van der Waals surface area contributed by atoms with Crippen LogP contribution in [0, 0.1) is 13.8 Å². The first-order chi connectivity index (χ1) is 21.5. The van der Waals surface area contributed by atoms with Crippen LogP contribution in [-0.4, -0.2) is 45.1 Å². The molecule has 4 aromatic carbocycles. The molecule has 2 heterocycles. The van der Waals surface area contributed by atoms with Crippen molar-refractivity contribution in [1.29, 1.82) is 0 Å². The van der Waals surface area contributed by atoms with Crippen molar-refractivity contribution < 1.29 is 31.1 Å². The van der Waals surface area contributed by atoms with E-state index in [1.807, 2.05) is 56.3 Å². The number of para-hydroxylation sites is 2. The van der Waals surface area contributed by atoms with Crippen molar-refractivity contribution in [2.24, 2.45) is 5.73 Å². The number of nitrogens with zero attached hydrogens (tertiary/aromatic N) is 2. The quantitative estimate of drug-likeness (QED) is 0.105. The molecule has 0 aliphatic rings. The SMILES string of the molecule is CC(=O)Nc1ccccc1[As](=O)(O)OO.Cc1noc(C)c1-c1cc(C(N)=O)c2c3ccccc3n(Cc3ccccc3)c2c1. The van der Waals surface area contributed by atoms with Crippen molar-refractivity contribution in [3.8, 4) is 11.1 Å². The van der Waals surface area contributed by atoms with Crippen LogP contribution in [0.2, 0.25) is 0 Å². The minimum Gasteiger partial charge on any atom is -0.366 e. The Morgan fingerprint density at radius 1 is 0.978 bits per heavy atom. The predicted molar refractivity (Wildman–Crippen MR) is 171 cm³/mol. The van der Waals surface area contributed by atoms with Gasteiger partial charge in [0.05, 0.1) is 11.2 Å². The minimum absolute atomic E-state index is 0.103. The number of nitrogens with one attached hydrogen (secondary N) is 1. The Bertz CT molecular complexity index is 2070. The molecule has 5 N–H and O–H groups in total. The minimum atomic E-state index is -4.92. The summed E-state index contributed by atoms with van der Waals surface area (Å²) < 4.78 is 31.7. The number of rotatable bonds is 7. The molecule has 0 aliphatic heterocycles. The molecule has 0 radical (unpaired) electrons. The first kappa shape index (κ1) is 31.5. The molecule has 12 heteroatoms. The average Bonchev–Trinajstić information content (AvgIpc) is 3.53. The van der Waals surface area contributed by atoms with Crippen LogP contribution < -0.4 is 15.4 Å². The number of aryl methyl sites for hydroxylation is 2. The summed E-state index contributed by atoms with van der Waals surface area (Å²) in [5.41, 5.74) is 12.3. The second kappa shape index (κ2) is 13.0. The standard InChI is InChI=1S/C25H21N3O2.C8H10AsNO5/c1-15-23(16(2)30-27-15)18-12-20(25(26)29)24-19-10-6-7-11-21(19)28(22(24)13-18)14-17-8-4-3-5-9-17;1-6(11)10-8-5-3-2-4-7(8)9(12,13)15-14/h3-13H,14H2,1-2H3,(H2,26,29);2-5,14H,1H3,(H,10,11)(H,12,13).